The number of para-hydroxylation sites is 2. The Morgan fingerprint density at radius 1 is 1.00 bits per heavy atom. The van der Waals surface area contributed by atoms with Crippen LogP contribution in [0.2, 0.25) is 0 Å². The van der Waals surface area contributed by atoms with Crippen LogP contribution in [0, 0.1) is 0 Å². The van der Waals surface area contributed by atoms with Gasteiger partial charge >= 0.3 is 0 Å². The highest BCUT2D eigenvalue weighted by atomic mass is 16.5. The molecule has 7 heteroatoms. The second-order valence-electron chi connectivity index (χ2n) is 7.18. The van der Waals surface area contributed by atoms with E-state index in [4.69, 9.17) is 9.47 Å². The van der Waals surface area contributed by atoms with Gasteiger partial charge in [-0.25, -0.2) is 4.98 Å². The molecule has 0 aliphatic carbocycles. The maximum absolute atomic E-state index is 12.6. The van der Waals surface area contributed by atoms with Crippen LogP contribution in [-0.4, -0.2) is 74.9 Å². The van der Waals surface area contributed by atoms with Gasteiger partial charge in [-0.15, -0.1) is 0 Å². The molecule has 154 valence electrons. The van der Waals surface area contributed by atoms with Gasteiger partial charge in [0.2, 0.25) is 0 Å². The molecule has 3 heterocycles. The van der Waals surface area contributed by atoms with Gasteiger partial charge in [0.1, 0.15) is 11.6 Å². The van der Waals surface area contributed by atoms with E-state index in [-0.39, 0.29) is 5.91 Å². The van der Waals surface area contributed by atoms with Crippen molar-refractivity contribution < 1.29 is 14.3 Å². The van der Waals surface area contributed by atoms with Crippen LogP contribution in [0.15, 0.2) is 42.6 Å². The first kappa shape index (κ1) is 19.5. The highest BCUT2D eigenvalue weighted by Gasteiger charge is 2.22. The molecule has 2 aliphatic rings. The number of amides is 1. The predicted octanol–water partition coefficient (Wildman–Crippen LogP) is 2.28. The van der Waals surface area contributed by atoms with Crippen LogP contribution in [0.4, 0.5) is 11.5 Å². The van der Waals surface area contributed by atoms with Gasteiger partial charge in [-0.2, -0.15) is 0 Å². The Labute approximate surface area is 171 Å². The Kier molecular flexibility index (Phi) is 6.14. The Bertz CT molecular complexity index is 813. The van der Waals surface area contributed by atoms with Gasteiger partial charge in [-0.1, -0.05) is 12.1 Å². The fourth-order valence-electron chi connectivity index (χ4n) is 3.82. The number of pyridine rings is 1. The van der Waals surface area contributed by atoms with Crippen molar-refractivity contribution in [1.82, 2.24) is 9.88 Å². The summed E-state index contributed by atoms with van der Waals surface area (Å²) in [6.45, 7) is 8.73. The zero-order valence-corrected chi connectivity index (χ0v) is 16.9. The summed E-state index contributed by atoms with van der Waals surface area (Å²) in [5, 5.41) is 0. The van der Waals surface area contributed by atoms with Gasteiger partial charge in [0.25, 0.3) is 5.91 Å². The summed E-state index contributed by atoms with van der Waals surface area (Å²) in [4.78, 5) is 23.6. The number of hydrogen-bond acceptors (Lipinski definition) is 6. The summed E-state index contributed by atoms with van der Waals surface area (Å²) in [5.74, 6) is 1.89. The third-order valence-corrected chi connectivity index (χ3v) is 5.40. The van der Waals surface area contributed by atoms with Crippen molar-refractivity contribution in [3.8, 4) is 5.75 Å². The van der Waals surface area contributed by atoms with Crippen LogP contribution in [0.25, 0.3) is 0 Å². The molecular weight excluding hydrogens is 368 g/mol. The molecule has 1 aromatic heterocycles. The number of carbonyl (C=O) groups is 1. The number of anilines is 2. The van der Waals surface area contributed by atoms with Crippen LogP contribution in [0.5, 0.6) is 5.75 Å². The second kappa shape index (κ2) is 9.13. The average Bonchev–Trinajstić information content (AvgIpc) is 2.80. The topological polar surface area (TPSA) is 58.1 Å². The molecule has 7 nitrogen and oxygen atoms in total. The van der Waals surface area contributed by atoms with Crippen molar-refractivity contribution >= 4 is 17.4 Å². The molecule has 0 saturated carbocycles. The van der Waals surface area contributed by atoms with Crippen LogP contribution < -0.4 is 14.5 Å². The number of piperazine rings is 1. The number of benzene rings is 1. The lowest BCUT2D eigenvalue weighted by Crippen LogP contribution is -2.47. The highest BCUT2D eigenvalue weighted by molar-refractivity contribution is 5.94. The van der Waals surface area contributed by atoms with E-state index in [9.17, 15) is 4.79 Å². The number of morpholine rings is 1. The lowest BCUT2D eigenvalue weighted by atomic mass is 10.2. The Morgan fingerprint density at radius 3 is 2.41 bits per heavy atom. The molecule has 0 radical (unpaired) electrons. The van der Waals surface area contributed by atoms with Crippen LogP contribution in [0.1, 0.15) is 17.3 Å². The largest absolute Gasteiger partial charge is 0.492 e. The van der Waals surface area contributed by atoms with Crippen molar-refractivity contribution in [2.45, 2.75) is 6.92 Å². The summed E-state index contributed by atoms with van der Waals surface area (Å²) in [6, 6.07) is 12.0. The van der Waals surface area contributed by atoms with E-state index < -0.39 is 0 Å². The van der Waals surface area contributed by atoms with Crippen molar-refractivity contribution in [1.29, 1.82) is 0 Å². The van der Waals surface area contributed by atoms with E-state index >= 15 is 0 Å². The van der Waals surface area contributed by atoms with E-state index in [0.717, 1.165) is 43.4 Å². The van der Waals surface area contributed by atoms with Gasteiger partial charge in [-0.05, 0) is 31.2 Å². The van der Waals surface area contributed by atoms with Crippen molar-refractivity contribution in [2.24, 2.45) is 0 Å². The highest BCUT2D eigenvalue weighted by Crippen LogP contribution is 2.29. The van der Waals surface area contributed by atoms with E-state index in [1.54, 1.807) is 6.20 Å². The van der Waals surface area contributed by atoms with Crippen LogP contribution in [0.3, 0.4) is 0 Å². The minimum absolute atomic E-state index is 0.0321. The molecule has 0 atom stereocenters. The van der Waals surface area contributed by atoms with Crippen LogP contribution in [-0.2, 0) is 4.74 Å². The van der Waals surface area contributed by atoms with Crippen molar-refractivity contribution in [3.05, 3.63) is 48.2 Å². The molecule has 0 unspecified atom stereocenters. The third-order valence-electron chi connectivity index (χ3n) is 5.40. The molecule has 2 aromatic rings. The molecule has 2 aliphatic heterocycles. The lowest BCUT2D eigenvalue weighted by molar-refractivity contribution is 0.0302. The summed E-state index contributed by atoms with van der Waals surface area (Å²) in [5.41, 5.74) is 1.79. The van der Waals surface area contributed by atoms with Crippen LogP contribution >= 0.6 is 0 Å². The smallest absolute Gasteiger partial charge is 0.255 e. The molecule has 1 aromatic carbocycles. The van der Waals surface area contributed by atoms with Gasteiger partial charge in [0.15, 0.2) is 0 Å². The van der Waals surface area contributed by atoms with Gasteiger partial charge in [0, 0.05) is 45.5 Å². The number of carbonyl (C=O) groups excluding carboxylic acids is 1. The van der Waals surface area contributed by atoms with Gasteiger partial charge in [-0.3, -0.25) is 4.79 Å². The van der Waals surface area contributed by atoms with E-state index in [0.29, 0.717) is 38.5 Å². The number of nitrogens with zero attached hydrogens (tertiary/aromatic N) is 4. The van der Waals surface area contributed by atoms with Gasteiger partial charge < -0.3 is 24.2 Å². The first-order valence-corrected chi connectivity index (χ1v) is 10.3. The standard InChI is InChI=1S/C22H28N4O3/c1-2-29-20-6-4-3-5-19(20)24-9-11-25(12-10-24)21-8-7-18(17-23-21)22(27)26-13-15-28-16-14-26/h3-8,17H,2,9-16H2,1H3. The fraction of sp³-hybridized carbons (Fsp3) is 0.455. The Hall–Kier alpha value is -2.80. The number of rotatable bonds is 5. The maximum Gasteiger partial charge on any atom is 0.255 e. The second-order valence-corrected chi connectivity index (χ2v) is 7.18. The predicted molar refractivity (Wildman–Crippen MR) is 113 cm³/mol. The fourth-order valence-corrected chi connectivity index (χ4v) is 3.82. The van der Waals surface area contributed by atoms with Gasteiger partial charge in [0.05, 0.1) is 31.1 Å². The average molecular weight is 396 g/mol. The third kappa shape index (κ3) is 4.45. The minimum atomic E-state index is 0.0321. The summed E-state index contributed by atoms with van der Waals surface area (Å²) < 4.78 is 11.1. The summed E-state index contributed by atoms with van der Waals surface area (Å²) in [7, 11) is 0. The quantitative estimate of drug-likeness (QED) is 0.773. The first-order chi connectivity index (χ1) is 14.3. The molecule has 4 rings (SSSR count). The molecule has 0 spiro atoms. The molecular formula is C22H28N4O3. The lowest BCUT2D eigenvalue weighted by Gasteiger charge is -2.37. The Balaban J connectivity index is 1.37. The van der Waals surface area contributed by atoms with E-state index in [1.807, 2.05) is 36.1 Å². The molecule has 0 bridgehead atoms. The number of hydrogen-bond donors (Lipinski definition) is 0. The van der Waals surface area contributed by atoms with Crippen molar-refractivity contribution in [3.63, 3.8) is 0 Å². The first-order valence-electron chi connectivity index (χ1n) is 10.3. The zero-order chi connectivity index (χ0) is 20.1. The molecule has 2 fully saturated rings. The summed E-state index contributed by atoms with van der Waals surface area (Å²) >= 11 is 0. The van der Waals surface area contributed by atoms with E-state index in [2.05, 4.69) is 26.9 Å². The normalized spacial score (nSPS) is 17.3. The van der Waals surface area contributed by atoms with E-state index in [1.165, 1.54) is 0 Å². The molecule has 29 heavy (non-hydrogen) atoms. The number of aromatic nitrogens is 1. The number of ether oxygens (including phenoxy) is 2. The molecule has 2 saturated heterocycles. The summed E-state index contributed by atoms with van der Waals surface area (Å²) in [6.07, 6.45) is 1.70. The minimum Gasteiger partial charge on any atom is -0.492 e. The molecule has 1 amide bonds. The van der Waals surface area contributed by atoms with Crippen molar-refractivity contribution in [2.75, 3.05) is 68.9 Å². The maximum atomic E-state index is 12.6. The monoisotopic (exact) mass is 396 g/mol. The zero-order valence-electron chi connectivity index (χ0n) is 16.9. The SMILES string of the molecule is CCOc1ccccc1N1CCN(c2ccc(C(=O)N3CCOCC3)cn2)CC1. The Morgan fingerprint density at radius 2 is 1.72 bits per heavy atom. The molecule has 0 N–H and O–H groups in total.